The van der Waals surface area contributed by atoms with Gasteiger partial charge in [0.25, 0.3) is 0 Å². The molecule has 1 aliphatic rings. The van der Waals surface area contributed by atoms with Crippen LogP contribution in [0, 0.1) is 5.82 Å². The maximum Gasteiger partial charge on any atom is 0.126 e. The van der Waals surface area contributed by atoms with Crippen LogP contribution in [-0.2, 0) is 6.42 Å². The van der Waals surface area contributed by atoms with Gasteiger partial charge in [-0.25, -0.2) is 4.39 Å². The van der Waals surface area contributed by atoms with Crippen molar-refractivity contribution in [2.75, 3.05) is 6.54 Å². The number of hydrogen-bond acceptors (Lipinski definition) is 2. The number of benzene rings is 1. The molecule has 106 valence electrons. The Morgan fingerprint density at radius 2 is 2.11 bits per heavy atom. The summed E-state index contributed by atoms with van der Waals surface area (Å²) in [5, 5.41) is 14.0. The molecule has 19 heavy (non-hydrogen) atoms. The molecule has 1 fully saturated rings. The Bertz CT molecular complexity index is 430. The van der Waals surface area contributed by atoms with E-state index in [1.54, 1.807) is 12.1 Å². The molecule has 4 heteroatoms. The number of aliphatic hydroxyl groups is 1. The summed E-state index contributed by atoms with van der Waals surface area (Å²) in [7, 11) is 0. The van der Waals surface area contributed by atoms with Gasteiger partial charge in [0.05, 0.1) is 5.60 Å². The van der Waals surface area contributed by atoms with Crippen molar-refractivity contribution in [3.05, 3.63) is 34.1 Å². The lowest BCUT2D eigenvalue weighted by atomic mass is 9.78. The Morgan fingerprint density at radius 1 is 1.42 bits per heavy atom. The number of halogens is 2. The fraction of sp³-hybridized carbons (Fsp3) is 0.600. The third kappa shape index (κ3) is 4.01. The number of hydrogen-bond donors (Lipinski definition) is 2. The molecule has 1 aliphatic carbocycles. The summed E-state index contributed by atoms with van der Waals surface area (Å²) in [5.74, 6) is -0.231. The topological polar surface area (TPSA) is 32.3 Å². The van der Waals surface area contributed by atoms with E-state index in [1.165, 1.54) is 6.07 Å². The van der Waals surface area contributed by atoms with E-state index in [-0.39, 0.29) is 5.82 Å². The van der Waals surface area contributed by atoms with Crippen LogP contribution in [-0.4, -0.2) is 23.3 Å². The molecule has 2 nitrogen and oxygen atoms in total. The molecule has 0 aromatic heterocycles. The summed E-state index contributed by atoms with van der Waals surface area (Å²) < 4.78 is 14.6. The minimum absolute atomic E-state index is 0.231. The standard InChI is InChI=1S/C15H21BrFNO/c1-2-18-13-5-7-15(19,8-6-13)10-11-9-12(16)3-4-14(11)17/h3-4,9,13,18-19H,2,5-8,10H2,1H3. The monoisotopic (exact) mass is 329 g/mol. The molecule has 0 saturated heterocycles. The van der Waals surface area contributed by atoms with Crippen molar-refractivity contribution in [3.63, 3.8) is 0 Å². The van der Waals surface area contributed by atoms with Crippen LogP contribution in [0.4, 0.5) is 4.39 Å². The Balaban J connectivity index is 2.00. The van der Waals surface area contributed by atoms with Gasteiger partial charge in [0, 0.05) is 16.9 Å². The van der Waals surface area contributed by atoms with Crippen molar-refractivity contribution in [2.24, 2.45) is 0 Å². The normalized spacial score (nSPS) is 27.5. The van der Waals surface area contributed by atoms with Crippen molar-refractivity contribution < 1.29 is 9.50 Å². The zero-order valence-corrected chi connectivity index (χ0v) is 12.8. The predicted octanol–water partition coefficient (Wildman–Crippen LogP) is 3.41. The second-order valence-corrected chi connectivity index (χ2v) is 6.38. The first kappa shape index (κ1) is 14.9. The molecule has 0 spiro atoms. The molecular weight excluding hydrogens is 309 g/mol. The number of rotatable bonds is 4. The molecule has 0 heterocycles. The molecule has 1 aromatic carbocycles. The third-order valence-electron chi connectivity index (χ3n) is 3.94. The van der Waals surface area contributed by atoms with E-state index in [0.29, 0.717) is 18.0 Å². The lowest BCUT2D eigenvalue weighted by molar-refractivity contribution is -0.00360. The zero-order valence-electron chi connectivity index (χ0n) is 11.3. The van der Waals surface area contributed by atoms with Crippen molar-refractivity contribution in [1.82, 2.24) is 5.32 Å². The summed E-state index contributed by atoms with van der Waals surface area (Å²) in [5.41, 5.74) is -0.160. The maximum atomic E-state index is 13.7. The van der Waals surface area contributed by atoms with Gasteiger partial charge in [-0.1, -0.05) is 22.9 Å². The first-order valence-corrected chi connectivity index (χ1v) is 7.71. The fourth-order valence-corrected chi connectivity index (χ4v) is 3.27. The second-order valence-electron chi connectivity index (χ2n) is 5.47. The van der Waals surface area contributed by atoms with Gasteiger partial charge in [-0.15, -0.1) is 0 Å². The largest absolute Gasteiger partial charge is 0.390 e. The van der Waals surface area contributed by atoms with Crippen LogP contribution < -0.4 is 5.32 Å². The van der Waals surface area contributed by atoms with Crippen LogP contribution in [0.15, 0.2) is 22.7 Å². The highest BCUT2D eigenvalue weighted by Crippen LogP contribution is 2.32. The van der Waals surface area contributed by atoms with Crippen LogP contribution in [0.25, 0.3) is 0 Å². The Labute approximate surface area is 122 Å². The Morgan fingerprint density at radius 3 is 2.74 bits per heavy atom. The average Bonchev–Trinajstić information content (AvgIpc) is 2.37. The highest BCUT2D eigenvalue weighted by atomic mass is 79.9. The van der Waals surface area contributed by atoms with E-state index >= 15 is 0 Å². The lowest BCUT2D eigenvalue weighted by Crippen LogP contribution is -2.42. The quantitative estimate of drug-likeness (QED) is 0.887. The summed E-state index contributed by atoms with van der Waals surface area (Å²) in [6.45, 7) is 3.06. The summed E-state index contributed by atoms with van der Waals surface area (Å²) in [6, 6.07) is 5.40. The molecule has 1 saturated carbocycles. The second kappa shape index (κ2) is 6.33. The van der Waals surface area contributed by atoms with Gasteiger partial charge in [0.15, 0.2) is 0 Å². The molecule has 0 unspecified atom stereocenters. The van der Waals surface area contributed by atoms with Gasteiger partial charge in [-0.05, 0) is 56.0 Å². The van der Waals surface area contributed by atoms with Crippen LogP contribution in [0.2, 0.25) is 0 Å². The minimum atomic E-state index is -0.756. The van der Waals surface area contributed by atoms with E-state index in [1.807, 2.05) is 0 Å². The van der Waals surface area contributed by atoms with E-state index in [2.05, 4.69) is 28.2 Å². The molecule has 2 rings (SSSR count). The smallest absolute Gasteiger partial charge is 0.126 e. The van der Waals surface area contributed by atoms with E-state index in [9.17, 15) is 9.50 Å². The first-order valence-electron chi connectivity index (χ1n) is 6.92. The lowest BCUT2D eigenvalue weighted by Gasteiger charge is -2.36. The van der Waals surface area contributed by atoms with Crippen LogP contribution in [0.3, 0.4) is 0 Å². The third-order valence-corrected chi connectivity index (χ3v) is 4.43. The fourth-order valence-electron chi connectivity index (χ4n) is 2.86. The van der Waals surface area contributed by atoms with E-state index in [0.717, 1.165) is 36.7 Å². The maximum absolute atomic E-state index is 13.7. The van der Waals surface area contributed by atoms with Crippen LogP contribution in [0.5, 0.6) is 0 Å². The Hall–Kier alpha value is -0.450. The predicted molar refractivity (Wildman–Crippen MR) is 78.7 cm³/mol. The van der Waals surface area contributed by atoms with Gasteiger partial charge >= 0.3 is 0 Å². The van der Waals surface area contributed by atoms with Crippen molar-refractivity contribution >= 4 is 15.9 Å². The van der Waals surface area contributed by atoms with Crippen LogP contribution in [0.1, 0.15) is 38.2 Å². The molecule has 0 amide bonds. The molecule has 2 N–H and O–H groups in total. The molecule has 1 aromatic rings. The van der Waals surface area contributed by atoms with Crippen molar-refractivity contribution in [2.45, 2.75) is 50.7 Å². The number of nitrogens with one attached hydrogen (secondary N) is 1. The van der Waals surface area contributed by atoms with E-state index in [4.69, 9.17) is 0 Å². The summed E-state index contributed by atoms with van der Waals surface area (Å²) in [6.07, 6.45) is 3.78. The van der Waals surface area contributed by atoms with Crippen molar-refractivity contribution in [3.8, 4) is 0 Å². The Kier molecular flexibility index (Phi) is 4.98. The van der Waals surface area contributed by atoms with Crippen molar-refractivity contribution in [1.29, 1.82) is 0 Å². The SMILES string of the molecule is CCNC1CCC(O)(Cc2cc(Br)ccc2F)CC1. The molecule has 0 atom stereocenters. The minimum Gasteiger partial charge on any atom is -0.390 e. The van der Waals surface area contributed by atoms with Gasteiger partial charge in [0.1, 0.15) is 5.82 Å². The highest BCUT2D eigenvalue weighted by molar-refractivity contribution is 9.10. The first-order chi connectivity index (χ1) is 9.02. The zero-order chi connectivity index (χ0) is 13.9. The van der Waals surface area contributed by atoms with Gasteiger partial charge in [0.2, 0.25) is 0 Å². The molecular formula is C15H21BrFNO. The summed E-state index contributed by atoms with van der Waals surface area (Å²) >= 11 is 3.35. The van der Waals surface area contributed by atoms with Gasteiger partial charge in [-0.3, -0.25) is 0 Å². The van der Waals surface area contributed by atoms with Gasteiger partial charge in [-0.2, -0.15) is 0 Å². The molecule has 0 bridgehead atoms. The van der Waals surface area contributed by atoms with Gasteiger partial charge < -0.3 is 10.4 Å². The van der Waals surface area contributed by atoms with E-state index < -0.39 is 5.60 Å². The molecule has 0 aliphatic heterocycles. The highest BCUT2D eigenvalue weighted by Gasteiger charge is 2.33. The average molecular weight is 330 g/mol. The van der Waals surface area contributed by atoms with Crippen LogP contribution >= 0.6 is 15.9 Å². The summed E-state index contributed by atoms with van der Waals surface area (Å²) in [4.78, 5) is 0. The molecule has 0 radical (unpaired) electrons.